The van der Waals surface area contributed by atoms with Crippen LogP contribution in [0.2, 0.25) is 0 Å². The molecule has 0 aromatic heterocycles. The summed E-state index contributed by atoms with van der Waals surface area (Å²) >= 11 is 0. The predicted molar refractivity (Wildman–Crippen MR) is 197 cm³/mol. The summed E-state index contributed by atoms with van der Waals surface area (Å²) in [6.07, 6.45) is 3.51. The molecule has 0 saturated heterocycles. The van der Waals surface area contributed by atoms with E-state index in [4.69, 9.17) is 0 Å². The average Bonchev–Trinajstić information content (AvgIpc) is 3.00. The maximum Gasteiger partial charge on any atom is 0.122 e. The van der Waals surface area contributed by atoms with Crippen molar-refractivity contribution in [3.63, 3.8) is 0 Å². The van der Waals surface area contributed by atoms with Crippen LogP contribution in [0.5, 0.6) is 5.75 Å². The van der Waals surface area contributed by atoms with E-state index in [1.807, 2.05) is 6.92 Å². The Morgan fingerprint density at radius 3 is 1.28 bits per heavy atom. The summed E-state index contributed by atoms with van der Waals surface area (Å²) in [5.74, 6) is 0.436. The normalized spacial score (nSPS) is 11.1. The molecule has 0 fully saturated rings. The molecule has 0 spiro atoms. The SMILES string of the molecule is Cc1ccc(C)c(Cc2c(C)c(C)cc(Cc3cc(C)cc(Cc4cc(C)c([20OH])c(Cc5cc(C)ccc5C)c4C)c3C)c2C)c1.[Y]. The Balaban J connectivity index is 0.00000500. The van der Waals surface area contributed by atoms with Gasteiger partial charge in [-0.15, -0.1) is 0 Å². The number of rotatable bonds is 8. The molecule has 0 aliphatic heterocycles. The van der Waals surface area contributed by atoms with Crippen LogP contribution >= 0.6 is 0 Å². The van der Waals surface area contributed by atoms with Gasteiger partial charge in [-0.1, -0.05) is 77.4 Å². The molecule has 5 aromatic carbocycles. The Morgan fingerprint density at radius 1 is 0.362 bits per heavy atom. The Labute approximate surface area is 309 Å². The molecule has 0 aliphatic rings. The van der Waals surface area contributed by atoms with Crippen LogP contribution in [0.1, 0.15) is 106 Å². The third-order valence-corrected chi connectivity index (χ3v) is 10.6. The van der Waals surface area contributed by atoms with Crippen LogP contribution in [0.15, 0.2) is 60.7 Å². The van der Waals surface area contributed by atoms with E-state index in [1.54, 1.807) is 0 Å². The zero-order valence-electron chi connectivity index (χ0n) is 30.6. The van der Waals surface area contributed by atoms with Crippen molar-refractivity contribution >= 4 is 0 Å². The second kappa shape index (κ2) is 15.0. The fourth-order valence-corrected chi connectivity index (χ4v) is 7.24. The van der Waals surface area contributed by atoms with Gasteiger partial charge in [0.15, 0.2) is 0 Å². The molecule has 5 rings (SSSR count). The van der Waals surface area contributed by atoms with Gasteiger partial charge in [0, 0.05) is 44.7 Å². The number of phenols is 1. The van der Waals surface area contributed by atoms with Crippen molar-refractivity contribution in [1.82, 2.24) is 0 Å². The predicted octanol–water partition coefficient (Wildman–Crippen LogP) is 11.1. The number of aromatic hydroxyl groups is 1. The number of benzene rings is 5. The van der Waals surface area contributed by atoms with Gasteiger partial charge in [-0.05, 0) is 179 Å². The van der Waals surface area contributed by atoms with E-state index in [2.05, 4.69) is 130 Å². The molecule has 0 unspecified atom stereocenters. The Kier molecular flexibility index (Phi) is 11.8. The second-order valence-electron chi connectivity index (χ2n) is 14.2. The van der Waals surface area contributed by atoms with Crippen molar-refractivity contribution < 1.29 is 37.8 Å². The van der Waals surface area contributed by atoms with Gasteiger partial charge in [-0.25, -0.2) is 0 Å². The van der Waals surface area contributed by atoms with Crippen molar-refractivity contribution in [2.75, 3.05) is 0 Å². The fraction of sp³-hybridized carbons (Fsp3) is 0.333. The van der Waals surface area contributed by atoms with Crippen molar-refractivity contribution in [1.29, 1.82) is 0 Å². The molecule has 2 heteroatoms. The van der Waals surface area contributed by atoms with Crippen molar-refractivity contribution in [2.45, 2.75) is 102 Å². The molecule has 0 atom stereocenters. The minimum atomic E-state index is 0. The van der Waals surface area contributed by atoms with E-state index >= 15 is 0 Å². The Hall–Kier alpha value is -3.00. The third kappa shape index (κ3) is 8.01. The van der Waals surface area contributed by atoms with Crippen LogP contribution in [0.25, 0.3) is 0 Å². The Bertz CT molecular complexity index is 1820. The van der Waals surface area contributed by atoms with Crippen LogP contribution in [0.4, 0.5) is 0 Å². The van der Waals surface area contributed by atoms with E-state index in [-0.39, 0.29) is 32.7 Å². The summed E-state index contributed by atoms with van der Waals surface area (Å²) in [4.78, 5) is 0. The van der Waals surface area contributed by atoms with Crippen LogP contribution < -0.4 is 0 Å². The zero-order chi connectivity index (χ0) is 33.4. The number of aryl methyl sites for hydroxylation is 7. The first-order valence-corrected chi connectivity index (χ1v) is 16.8. The van der Waals surface area contributed by atoms with Gasteiger partial charge in [0.25, 0.3) is 0 Å². The van der Waals surface area contributed by atoms with Gasteiger partial charge >= 0.3 is 0 Å². The molecule has 1 N–H and O–H groups in total. The van der Waals surface area contributed by atoms with Gasteiger partial charge in [0.1, 0.15) is 5.75 Å². The summed E-state index contributed by atoms with van der Waals surface area (Å²) < 4.78 is 0. The zero-order valence-corrected chi connectivity index (χ0v) is 33.5. The molecule has 0 amide bonds. The summed E-state index contributed by atoms with van der Waals surface area (Å²) in [5.41, 5.74) is 25.0. The van der Waals surface area contributed by atoms with Crippen molar-refractivity contribution in [2.24, 2.45) is 0 Å². The minimum Gasteiger partial charge on any atom is -0.507 e. The van der Waals surface area contributed by atoms with Crippen LogP contribution in [0.3, 0.4) is 0 Å². The van der Waals surface area contributed by atoms with E-state index in [0.717, 1.165) is 36.8 Å². The first-order chi connectivity index (χ1) is 21.7. The summed E-state index contributed by atoms with van der Waals surface area (Å²) in [6.45, 7) is 24.4. The summed E-state index contributed by atoms with van der Waals surface area (Å²) in [5, 5.41) is 11.2. The van der Waals surface area contributed by atoms with E-state index in [9.17, 15) is 5.11 Å². The number of hydrogen-bond acceptors (Lipinski definition) is 1. The first-order valence-electron chi connectivity index (χ1n) is 16.8. The van der Waals surface area contributed by atoms with Gasteiger partial charge in [0.2, 0.25) is 0 Å². The smallest absolute Gasteiger partial charge is 0.122 e. The topological polar surface area (TPSA) is 20.2 Å². The molecular formula is C45H52OY. The maximum atomic E-state index is 11.2. The molecule has 0 heterocycles. The first kappa shape index (κ1) is 36.8. The van der Waals surface area contributed by atoms with E-state index < -0.39 is 0 Å². The quantitative estimate of drug-likeness (QED) is 0.171. The largest absolute Gasteiger partial charge is 0.507 e. The van der Waals surface area contributed by atoms with Crippen LogP contribution in [-0.2, 0) is 58.4 Å². The maximum absolute atomic E-state index is 11.2. The molecule has 1 nitrogen and oxygen atoms in total. The van der Waals surface area contributed by atoms with Crippen molar-refractivity contribution in [3.05, 3.63) is 166 Å². The Morgan fingerprint density at radius 2 is 0.766 bits per heavy atom. The molecule has 0 aliphatic carbocycles. The molecule has 47 heavy (non-hydrogen) atoms. The van der Waals surface area contributed by atoms with E-state index in [1.165, 1.54) is 94.6 Å². The second-order valence-corrected chi connectivity index (χ2v) is 14.2. The van der Waals surface area contributed by atoms with Crippen LogP contribution in [0, 0.1) is 76.2 Å². The molecular weight excluding hydrogens is 649 g/mol. The van der Waals surface area contributed by atoms with Gasteiger partial charge in [-0.2, -0.15) is 0 Å². The molecule has 1 radical (unpaired) electrons. The summed E-state index contributed by atoms with van der Waals surface area (Å²) in [6, 6.07) is 22.8. The molecule has 5 aromatic rings. The fourth-order valence-electron chi connectivity index (χ4n) is 7.24. The number of phenolic OH excluding ortho intramolecular Hbond substituents is 1. The standard InChI is InChI=1S/C45H52O.Y/c1-26-12-14-29(4)37(16-26)24-43-33(8)31(6)20-41(35(43)10)22-39-18-28(3)19-40(34(39)9)23-42-21-32(7)45(46)44(36(42)11)25-38-17-27(2)13-15-30(38)5;/h12-21,46H,22-25H2,1-11H3;/i46+4;. The minimum absolute atomic E-state index is 0. The van der Waals surface area contributed by atoms with Crippen LogP contribution in [-0.4, -0.2) is 5.11 Å². The number of hydrogen-bond donors (Lipinski definition) is 1. The molecule has 0 saturated carbocycles. The monoisotopic (exact) mass is 701 g/mol. The third-order valence-electron chi connectivity index (χ3n) is 10.6. The summed E-state index contributed by atoms with van der Waals surface area (Å²) in [7, 11) is 0. The van der Waals surface area contributed by atoms with Gasteiger partial charge in [-0.3, -0.25) is 0 Å². The van der Waals surface area contributed by atoms with Crippen molar-refractivity contribution in [3.8, 4) is 5.75 Å². The molecule has 241 valence electrons. The van der Waals surface area contributed by atoms with E-state index in [0.29, 0.717) is 5.75 Å². The van der Waals surface area contributed by atoms with Gasteiger partial charge < -0.3 is 5.11 Å². The van der Waals surface area contributed by atoms with Gasteiger partial charge in [0.05, 0.1) is 0 Å². The molecule has 0 bridgehead atoms. The average molecular weight is 702 g/mol.